The van der Waals surface area contributed by atoms with Crippen LogP contribution in [0, 0.1) is 13.8 Å². The minimum atomic E-state index is -1.26. The summed E-state index contributed by atoms with van der Waals surface area (Å²) in [4.78, 5) is 1.74. The Labute approximate surface area is 140 Å². The summed E-state index contributed by atoms with van der Waals surface area (Å²) in [7, 11) is 0.207. The van der Waals surface area contributed by atoms with Gasteiger partial charge in [-0.2, -0.15) is 0 Å². The average molecular weight is 264 g/mol. The summed E-state index contributed by atoms with van der Waals surface area (Å²) in [5, 5.41) is 0.467. The molecule has 1 rings (SSSR count). The van der Waals surface area contributed by atoms with Gasteiger partial charge in [-0.05, 0) is 18.9 Å². The maximum absolute atomic E-state index is 2.51. The van der Waals surface area contributed by atoms with Crippen molar-refractivity contribution in [1.82, 2.24) is 0 Å². The molecule has 1 aromatic heterocycles. The van der Waals surface area contributed by atoms with Gasteiger partial charge in [0.05, 0.1) is 8.07 Å². The van der Waals surface area contributed by atoms with Crippen LogP contribution < -0.4 is 56.3 Å². The van der Waals surface area contributed by atoms with Gasteiger partial charge in [-0.3, -0.25) is 0 Å². The van der Waals surface area contributed by atoms with Gasteiger partial charge in [-0.1, -0.05) is 45.0 Å². The van der Waals surface area contributed by atoms with E-state index in [0.717, 1.165) is 0 Å². The average Bonchev–Trinajstić information content (AvgIpc) is 2.30. The molecule has 0 aromatic carbocycles. The molecule has 0 atom stereocenters. The van der Waals surface area contributed by atoms with Gasteiger partial charge in [0.1, 0.15) is 0 Å². The van der Waals surface area contributed by atoms with Gasteiger partial charge < -0.3 is 8.19 Å². The Morgan fingerprint density at radius 1 is 1.13 bits per heavy atom. The van der Waals surface area contributed by atoms with E-state index in [2.05, 4.69) is 53.5 Å². The zero-order valence-electron chi connectivity index (χ0n) is 11.5. The zero-order valence-corrected chi connectivity index (χ0v) is 16.5. The molecule has 0 unspecified atom stereocenters. The van der Waals surface area contributed by atoms with Gasteiger partial charge >= 0.3 is 51.4 Å². The van der Waals surface area contributed by atoms with E-state index in [0.29, 0.717) is 5.04 Å². The van der Waals surface area contributed by atoms with Gasteiger partial charge in [-0.25, -0.2) is 10.7 Å². The molecule has 0 saturated heterocycles. The van der Waals surface area contributed by atoms with E-state index in [1.54, 1.807) is 10.5 Å². The largest absolute Gasteiger partial charge is 1.00 e. The van der Waals surface area contributed by atoms with Crippen LogP contribution in [0.1, 0.15) is 31.9 Å². The molecule has 0 nitrogen and oxygen atoms in total. The summed E-state index contributed by atoms with van der Waals surface area (Å²) in [6.07, 6.45) is 0. The Balaban J connectivity index is 0.00000196. The molecule has 1 heterocycles. The fourth-order valence-corrected chi connectivity index (χ4v) is 6.75. The quantitative estimate of drug-likeness (QED) is 0.671. The van der Waals surface area contributed by atoms with Crippen molar-refractivity contribution in [3.05, 3.63) is 16.9 Å². The Morgan fingerprint density at radius 3 is 1.87 bits per heavy atom. The number of aryl methyl sites for hydroxylation is 1. The minimum Gasteiger partial charge on any atom is -0.532 e. The smallest absolute Gasteiger partial charge is 0.532 e. The normalized spacial score (nSPS) is 13.0. The fraction of sp³-hybridized carbons (Fsp3) is 0.667. The molecule has 0 spiro atoms. The van der Waals surface area contributed by atoms with Crippen LogP contribution in [-0.2, 0) is 0 Å². The molecule has 0 aliphatic carbocycles. The Hall–Kier alpha value is 1.63. The molecule has 3 heteroatoms. The minimum absolute atomic E-state index is 0. The van der Waals surface area contributed by atoms with Crippen molar-refractivity contribution in [2.45, 2.75) is 52.8 Å². The van der Waals surface area contributed by atoms with Crippen LogP contribution in [0.3, 0.4) is 0 Å². The Morgan fingerprint density at radius 2 is 1.60 bits per heavy atom. The van der Waals surface area contributed by atoms with Crippen LogP contribution in [-0.4, -0.2) is 8.07 Å². The molecular weight excluding hydrogens is 242 g/mol. The monoisotopic (exact) mass is 264 g/mol. The van der Waals surface area contributed by atoms with E-state index in [1.807, 2.05) is 0 Å². The summed E-state index contributed by atoms with van der Waals surface area (Å²) in [5.41, 5.74) is 3.06. The first kappa shape index (κ1) is 16.6. The summed E-state index contributed by atoms with van der Waals surface area (Å²) < 4.78 is 0. The molecule has 80 valence electrons. The standard InChI is InChI=1S/C12H22PSi.K/c1-9-8-13-11(10(9)2)14(6,7)12(3,4)5;/h8H,1-7H3;/q-1;+1. The first-order valence-corrected chi connectivity index (χ1v) is 9.23. The maximum atomic E-state index is 2.51. The van der Waals surface area contributed by atoms with E-state index in [-0.39, 0.29) is 51.4 Å². The zero-order chi connectivity index (χ0) is 11.1. The molecule has 0 bridgehead atoms. The van der Waals surface area contributed by atoms with Crippen LogP contribution in [0.25, 0.3) is 0 Å². The van der Waals surface area contributed by atoms with Crippen molar-refractivity contribution in [1.29, 1.82) is 0 Å². The third kappa shape index (κ3) is 3.31. The summed E-state index contributed by atoms with van der Waals surface area (Å²) in [5.74, 6) is 2.37. The van der Waals surface area contributed by atoms with E-state index >= 15 is 0 Å². The van der Waals surface area contributed by atoms with Crippen molar-refractivity contribution in [2.24, 2.45) is 0 Å². The molecule has 0 amide bonds. The molecule has 0 radical (unpaired) electrons. The third-order valence-electron chi connectivity index (χ3n) is 3.80. The van der Waals surface area contributed by atoms with Crippen LogP contribution >= 0.6 is 8.19 Å². The second kappa shape index (κ2) is 5.52. The maximum Gasteiger partial charge on any atom is 1.00 e. The van der Waals surface area contributed by atoms with E-state index in [4.69, 9.17) is 0 Å². The first-order valence-electron chi connectivity index (χ1n) is 5.27. The topological polar surface area (TPSA) is 0 Å². The van der Waals surface area contributed by atoms with Crippen molar-refractivity contribution in [3.63, 3.8) is 0 Å². The van der Waals surface area contributed by atoms with E-state index in [1.165, 1.54) is 13.8 Å². The Bertz CT molecular complexity index is 334. The number of hydrogen-bond donors (Lipinski definition) is 0. The van der Waals surface area contributed by atoms with Gasteiger partial charge in [0.25, 0.3) is 0 Å². The van der Waals surface area contributed by atoms with Crippen molar-refractivity contribution in [3.8, 4) is 0 Å². The second-order valence-corrected chi connectivity index (χ2v) is 12.4. The van der Waals surface area contributed by atoms with Gasteiger partial charge in [0.2, 0.25) is 0 Å². The first-order chi connectivity index (χ1) is 6.18. The SMILES string of the molecule is Cc1c[p-]c([Si](C)(C)C(C)(C)C)c1C.[K+]. The van der Waals surface area contributed by atoms with Crippen LogP contribution in [0.2, 0.25) is 18.1 Å². The molecule has 1 aromatic rings. The summed E-state index contributed by atoms with van der Waals surface area (Å²) in [6, 6.07) is 0. The Kier molecular flexibility index (Phi) is 6.12. The van der Waals surface area contributed by atoms with Crippen molar-refractivity contribution >= 4 is 21.2 Å². The van der Waals surface area contributed by atoms with E-state index < -0.39 is 8.07 Å². The number of rotatable bonds is 1. The van der Waals surface area contributed by atoms with E-state index in [9.17, 15) is 0 Å². The van der Waals surface area contributed by atoms with Crippen LogP contribution in [0.5, 0.6) is 0 Å². The summed E-state index contributed by atoms with van der Waals surface area (Å²) >= 11 is 0. The van der Waals surface area contributed by atoms with Crippen LogP contribution in [0.15, 0.2) is 5.80 Å². The van der Waals surface area contributed by atoms with Gasteiger partial charge in [-0.15, -0.1) is 0 Å². The molecular formula is C12H22KPSi. The van der Waals surface area contributed by atoms with Crippen molar-refractivity contribution < 1.29 is 51.4 Å². The predicted molar refractivity (Wildman–Crippen MR) is 70.9 cm³/mol. The molecule has 0 N–H and O–H groups in total. The molecule has 0 fully saturated rings. The molecule has 0 aliphatic heterocycles. The van der Waals surface area contributed by atoms with Gasteiger partial charge in [0, 0.05) is 0 Å². The third-order valence-corrected chi connectivity index (χ3v) is 12.3. The van der Waals surface area contributed by atoms with Crippen LogP contribution in [0.4, 0.5) is 0 Å². The molecule has 15 heavy (non-hydrogen) atoms. The van der Waals surface area contributed by atoms with Gasteiger partial charge in [0.15, 0.2) is 0 Å². The molecule has 0 aliphatic rings. The fourth-order valence-electron chi connectivity index (χ4n) is 1.53. The molecule has 0 saturated carbocycles. The van der Waals surface area contributed by atoms with Crippen molar-refractivity contribution in [2.75, 3.05) is 0 Å². The second-order valence-electron chi connectivity index (χ2n) is 5.79. The summed E-state index contributed by atoms with van der Waals surface area (Å²) in [6.45, 7) is 16.7. The number of hydrogen-bond acceptors (Lipinski definition) is 0. The predicted octanol–water partition coefficient (Wildman–Crippen LogP) is 1.32.